The number of nitrogens with one attached hydrogen (secondary N) is 1. The van der Waals surface area contributed by atoms with E-state index in [2.05, 4.69) is 5.32 Å². The summed E-state index contributed by atoms with van der Waals surface area (Å²) in [7, 11) is 1.65. The van der Waals surface area contributed by atoms with E-state index in [4.69, 9.17) is 4.74 Å². The quantitative estimate of drug-likeness (QED) is 0.900. The lowest BCUT2D eigenvalue weighted by Crippen LogP contribution is -2.52. The molecular formula is C20H27N3O3. The van der Waals surface area contributed by atoms with Gasteiger partial charge in [0.15, 0.2) is 0 Å². The average Bonchev–Trinajstić information content (AvgIpc) is 3.44. The summed E-state index contributed by atoms with van der Waals surface area (Å²) < 4.78 is 5.19. The second-order valence-corrected chi connectivity index (χ2v) is 7.85. The molecule has 1 aliphatic carbocycles. The molecule has 0 radical (unpaired) electrons. The number of carbonyl (C=O) groups excluding carboxylic acids is 2. The Morgan fingerprint density at radius 3 is 2.69 bits per heavy atom. The van der Waals surface area contributed by atoms with Crippen LogP contribution in [-0.4, -0.2) is 54.5 Å². The van der Waals surface area contributed by atoms with Crippen molar-refractivity contribution in [3.63, 3.8) is 0 Å². The molecule has 3 fully saturated rings. The van der Waals surface area contributed by atoms with E-state index in [1.807, 2.05) is 34.1 Å². The van der Waals surface area contributed by atoms with Gasteiger partial charge in [-0.1, -0.05) is 12.1 Å². The number of hydrogen-bond acceptors (Lipinski definition) is 3. The third-order valence-corrected chi connectivity index (χ3v) is 5.90. The smallest absolute Gasteiger partial charge is 0.317 e. The molecule has 3 aliphatic rings. The Bertz CT molecular complexity index is 686. The van der Waals surface area contributed by atoms with Gasteiger partial charge in [-0.15, -0.1) is 0 Å². The molecule has 1 N–H and O–H groups in total. The first kappa shape index (κ1) is 17.2. The van der Waals surface area contributed by atoms with E-state index < -0.39 is 0 Å². The van der Waals surface area contributed by atoms with Gasteiger partial charge in [-0.2, -0.15) is 0 Å². The highest BCUT2D eigenvalue weighted by molar-refractivity contribution is 5.86. The van der Waals surface area contributed by atoms with Crippen LogP contribution in [0.2, 0.25) is 0 Å². The molecule has 0 bridgehead atoms. The third kappa shape index (κ3) is 3.37. The number of ether oxygens (including phenoxy) is 1. The lowest BCUT2D eigenvalue weighted by molar-refractivity contribution is -0.138. The molecule has 2 aliphatic heterocycles. The minimum atomic E-state index is -0.383. The lowest BCUT2D eigenvalue weighted by Gasteiger charge is -2.39. The summed E-state index contributed by atoms with van der Waals surface area (Å²) in [5.74, 6) is 1.03. The minimum Gasteiger partial charge on any atom is -0.497 e. The molecule has 4 rings (SSSR count). The van der Waals surface area contributed by atoms with Crippen LogP contribution in [-0.2, 0) is 11.3 Å². The predicted octanol–water partition coefficient (Wildman–Crippen LogP) is 2.38. The molecule has 1 spiro atoms. The molecule has 2 heterocycles. The number of piperidine rings is 1. The normalized spacial score (nSPS) is 25.7. The van der Waals surface area contributed by atoms with Crippen molar-refractivity contribution in [3.05, 3.63) is 29.8 Å². The fraction of sp³-hybridized carbons (Fsp3) is 0.600. The van der Waals surface area contributed by atoms with Crippen LogP contribution < -0.4 is 10.1 Å². The molecule has 1 saturated carbocycles. The molecule has 1 atom stereocenters. The number of methoxy groups -OCH3 is 1. The van der Waals surface area contributed by atoms with Crippen molar-refractivity contribution in [1.29, 1.82) is 0 Å². The maximum Gasteiger partial charge on any atom is 0.317 e. The Hall–Kier alpha value is -2.24. The standard InChI is InChI=1S/C20H27N3O3/c1-26-17-7-3-15(4-8-17)13-22-12-10-20(18(22)24)9-2-11-23(14-20)19(25)21-16-5-6-16/h3-4,7-8,16H,2,5-6,9-14H2,1H3,(H,21,25). The van der Waals surface area contributed by atoms with Crippen LogP contribution in [0.3, 0.4) is 0 Å². The van der Waals surface area contributed by atoms with Gasteiger partial charge in [0.25, 0.3) is 0 Å². The highest BCUT2D eigenvalue weighted by Gasteiger charge is 2.49. The van der Waals surface area contributed by atoms with Crippen LogP contribution in [0.5, 0.6) is 5.75 Å². The Morgan fingerprint density at radius 2 is 2.00 bits per heavy atom. The Labute approximate surface area is 154 Å². The van der Waals surface area contributed by atoms with E-state index in [0.29, 0.717) is 19.1 Å². The number of urea groups is 1. The fourth-order valence-electron chi connectivity index (χ4n) is 4.17. The number of benzene rings is 1. The summed E-state index contributed by atoms with van der Waals surface area (Å²) in [5, 5.41) is 3.06. The molecular weight excluding hydrogens is 330 g/mol. The van der Waals surface area contributed by atoms with E-state index >= 15 is 0 Å². The second kappa shape index (κ2) is 6.82. The van der Waals surface area contributed by atoms with Crippen molar-refractivity contribution in [2.24, 2.45) is 5.41 Å². The summed E-state index contributed by atoms with van der Waals surface area (Å²) >= 11 is 0. The minimum absolute atomic E-state index is 0.00739. The topological polar surface area (TPSA) is 61.9 Å². The van der Waals surface area contributed by atoms with Crippen molar-refractivity contribution in [2.75, 3.05) is 26.7 Å². The van der Waals surface area contributed by atoms with Crippen LogP contribution in [0.4, 0.5) is 4.79 Å². The first-order valence-corrected chi connectivity index (χ1v) is 9.57. The van der Waals surface area contributed by atoms with Gasteiger partial charge in [0, 0.05) is 32.2 Å². The monoisotopic (exact) mass is 357 g/mol. The van der Waals surface area contributed by atoms with Gasteiger partial charge in [0.05, 0.1) is 12.5 Å². The van der Waals surface area contributed by atoms with Crippen LogP contribution >= 0.6 is 0 Å². The van der Waals surface area contributed by atoms with Crippen LogP contribution in [0.25, 0.3) is 0 Å². The zero-order valence-corrected chi connectivity index (χ0v) is 15.4. The van der Waals surface area contributed by atoms with Gasteiger partial charge in [-0.3, -0.25) is 4.79 Å². The van der Waals surface area contributed by atoms with Crippen molar-refractivity contribution in [2.45, 2.75) is 44.7 Å². The molecule has 0 aromatic heterocycles. The van der Waals surface area contributed by atoms with Crippen molar-refractivity contribution < 1.29 is 14.3 Å². The van der Waals surface area contributed by atoms with Gasteiger partial charge in [0.1, 0.15) is 5.75 Å². The van der Waals surface area contributed by atoms with E-state index in [9.17, 15) is 9.59 Å². The Kier molecular flexibility index (Phi) is 4.51. The number of amides is 3. The van der Waals surface area contributed by atoms with Gasteiger partial charge in [0.2, 0.25) is 5.91 Å². The number of nitrogens with zero attached hydrogens (tertiary/aromatic N) is 2. The first-order valence-electron chi connectivity index (χ1n) is 9.57. The molecule has 1 aromatic rings. The Balaban J connectivity index is 1.40. The highest BCUT2D eigenvalue weighted by atomic mass is 16.5. The zero-order chi connectivity index (χ0) is 18.1. The molecule has 6 nitrogen and oxygen atoms in total. The number of likely N-dealkylation sites (tertiary alicyclic amines) is 2. The van der Waals surface area contributed by atoms with E-state index in [1.54, 1.807) is 7.11 Å². The summed E-state index contributed by atoms with van der Waals surface area (Å²) in [6.07, 6.45) is 4.80. The summed E-state index contributed by atoms with van der Waals surface area (Å²) in [6, 6.07) is 8.23. The maximum atomic E-state index is 13.2. The van der Waals surface area contributed by atoms with Crippen molar-refractivity contribution in [3.8, 4) is 5.75 Å². The highest BCUT2D eigenvalue weighted by Crippen LogP contribution is 2.40. The molecule has 3 amide bonds. The number of hydrogen-bond donors (Lipinski definition) is 1. The van der Waals surface area contributed by atoms with Gasteiger partial charge in [-0.05, 0) is 49.8 Å². The van der Waals surface area contributed by atoms with E-state index in [0.717, 1.165) is 56.5 Å². The Morgan fingerprint density at radius 1 is 1.23 bits per heavy atom. The van der Waals surface area contributed by atoms with Crippen LogP contribution in [0, 0.1) is 5.41 Å². The summed E-state index contributed by atoms with van der Waals surface area (Å²) in [5.41, 5.74) is 0.723. The lowest BCUT2D eigenvalue weighted by atomic mass is 9.78. The van der Waals surface area contributed by atoms with E-state index in [-0.39, 0.29) is 17.4 Å². The molecule has 2 saturated heterocycles. The molecule has 140 valence electrons. The number of carbonyl (C=O) groups is 2. The largest absolute Gasteiger partial charge is 0.497 e. The maximum absolute atomic E-state index is 13.2. The van der Waals surface area contributed by atoms with E-state index in [1.165, 1.54) is 0 Å². The van der Waals surface area contributed by atoms with Crippen molar-refractivity contribution >= 4 is 11.9 Å². The third-order valence-electron chi connectivity index (χ3n) is 5.90. The van der Waals surface area contributed by atoms with Gasteiger partial charge >= 0.3 is 6.03 Å². The SMILES string of the molecule is COc1ccc(CN2CCC3(CCCN(C(=O)NC4CC4)C3)C2=O)cc1. The second-order valence-electron chi connectivity index (χ2n) is 7.85. The summed E-state index contributed by atoms with van der Waals surface area (Å²) in [6.45, 7) is 2.71. The molecule has 1 unspecified atom stereocenters. The van der Waals surface area contributed by atoms with Crippen LogP contribution in [0.15, 0.2) is 24.3 Å². The fourth-order valence-corrected chi connectivity index (χ4v) is 4.17. The molecule has 26 heavy (non-hydrogen) atoms. The first-order chi connectivity index (χ1) is 12.6. The van der Waals surface area contributed by atoms with Crippen molar-refractivity contribution in [1.82, 2.24) is 15.1 Å². The average molecular weight is 357 g/mol. The predicted molar refractivity (Wildman–Crippen MR) is 97.8 cm³/mol. The molecule has 1 aromatic carbocycles. The number of rotatable bonds is 4. The van der Waals surface area contributed by atoms with Gasteiger partial charge < -0.3 is 19.9 Å². The van der Waals surface area contributed by atoms with Gasteiger partial charge in [-0.25, -0.2) is 4.79 Å². The molecule has 6 heteroatoms. The van der Waals surface area contributed by atoms with Crippen LogP contribution in [0.1, 0.15) is 37.7 Å². The summed E-state index contributed by atoms with van der Waals surface area (Å²) in [4.78, 5) is 29.4. The zero-order valence-electron chi connectivity index (χ0n) is 15.4.